The lowest BCUT2D eigenvalue weighted by molar-refractivity contribution is -0.174. The van der Waals surface area contributed by atoms with Crippen molar-refractivity contribution in [3.63, 3.8) is 0 Å². The molecule has 25 heavy (non-hydrogen) atoms. The van der Waals surface area contributed by atoms with Crippen LogP contribution in [0.1, 0.15) is 5.56 Å². The minimum atomic E-state index is -4.46. The Morgan fingerprint density at radius 3 is 2.40 bits per heavy atom. The van der Waals surface area contributed by atoms with Gasteiger partial charge in [0.05, 0.1) is 6.42 Å². The molecule has 1 aliphatic rings. The third kappa shape index (κ3) is 7.35. The number of carbonyl (C=O) groups excluding carboxylic acids is 2. The van der Waals surface area contributed by atoms with E-state index in [-0.39, 0.29) is 12.3 Å². The van der Waals surface area contributed by atoms with Crippen LogP contribution >= 0.6 is 11.8 Å². The number of halogens is 3. The SMILES string of the molecule is O=C(COCC(F)(F)F)Nc1ccc(CC(=O)N2CCSCC2)cc1. The number of nitrogens with zero attached hydrogens (tertiary/aromatic N) is 1. The van der Waals surface area contributed by atoms with Gasteiger partial charge < -0.3 is 15.0 Å². The summed E-state index contributed by atoms with van der Waals surface area (Å²) in [5, 5.41) is 2.44. The molecule has 0 radical (unpaired) electrons. The van der Waals surface area contributed by atoms with Crippen molar-refractivity contribution in [3.05, 3.63) is 29.8 Å². The Bertz CT molecular complexity index is 587. The largest absolute Gasteiger partial charge is 0.411 e. The molecule has 0 saturated carbocycles. The maximum absolute atomic E-state index is 12.2. The zero-order valence-corrected chi connectivity index (χ0v) is 14.3. The van der Waals surface area contributed by atoms with Crippen LogP contribution in [0.5, 0.6) is 0 Å². The lowest BCUT2D eigenvalue weighted by atomic mass is 10.1. The van der Waals surface area contributed by atoms with Crippen molar-refractivity contribution in [1.29, 1.82) is 0 Å². The average molecular weight is 376 g/mol. The maximum Gasteiger partial charge on any atom is 0.411 e. The van der Waals surface area contributed by atoms with Gasteiger partial charge in [-0.25, -0.2) is 0 Å². The van der Waals surface area contributed by atoms with Crippen molar-refractivity contribution < 1.29 is 27.5 Å². The normalized spacial score (nSPS) is 15.1. The van der Waals surface area contributed by atoms with E-state index in [1.165, 1.54) is 0 Å². The van der Waals surface area contributed by atoms with E-state index in [9.17, 15) is 22.8 Å². The van der Waals surface area contributed by atoms with Crippen LogP contribution in [0.2, 0.25) is 0 Å². The Labute approximate surface area is 147 Å². The van der Waals surface area contributed by atoms with Gasteiger partial charge in [-0.2, -0.15) is 24.9 Å². The van der Waals surface area contributed by atoms with Crippen molar-refractivity contribution in [2.45, 2.75) is 12.6 Å². The van der Waals surface area contributed by atoms with Gasteiger partial charge in [-0.15, -0.1) is 0 Å². The number of hydrogen-bond acceptors (Lipinski definition) is 4. The summed E-state index contributed by atoms with van der Waals surface area (Å²) in [5.41, 5.74) is 1.25. The highest BCUT2D eigenvalue weighted by atomic mass is 32.2. The first kappa shape index (κ1) is 19.6. The summed E-state index contributed by atoms with van der Waals surface area (Å²) in [6.07, 6.45) is -4.17. The number of amides is 2. The molecule has 0 bridgehead atoms. The molecule has 138 valence electrons. The molecule has 1 aromatic rings. The molecule has 0 atom stereocenters. The number of carbonyl (C=O) groups is 2. The first-order chi connectivity index (χ1) is 11.8. The van der Waals surface area contributed by atoms with Crippen molar-refractivity contribution in [1.82, 2.24) is 4.90 Å². The van der Waals surface area contributed by atoms with E-state index in [0.717, 1.165) is 30.2 Å². The Kier molecular flexibility index (Phi) is 7.12. The van der Waals surface area contributed by atoms with Gasteiger partial charge in [0.2, 0.25) is 11.8 Å². The molecule has 0 spiro atoms. The number of rotatable bonds is 6. The fourth-order valence-electron chi connectivity index (χ4n) is 2.26. The topological polar surface area (TPSA) is 58.6 Å². The highest BCUT2D eigenvalue weighted by molar-refractivity contribution is 7.99. The molecule has 1 fully saturated rings. The van der Waals surface area contributed by atoms with Crippen molar-refractivity contribution in [3.8, 4) is 0 Å². The van der Waals surface area contributed by atoms with Crippen LogP contribution in [-0.2, 0) is 20.7 Å². The second kappa shape index (κ2) is 9.10. The van der Waals surface area contributed by atoms with E-state index in [4.69, 9.17) is 0 Å². The van der Waals surface area contributed by atoms with Gasteiger partial charge in [-0.3, -0.25) is 9.59 Å². The molecule has 1 heterocycles. The Morgan fingerprint density at radius 1 is 1.16 bits per heavy atom. The van der Waals surface area contributed by atoms with E-state index in [1.54, 1.807) is 24.3 Å². The fraction of sp³-hybridized carbons (Fsp3) is 0.500. The molecule has 1 aliphatic heterocycles. The van der Waals surface area contributed by atoms with Crippen LogP contribution in [0.4, 0.5) is 18.9 Å². The summed E-state index contributed by atoms with van der Waals surface area (Å²) < 4.78 is 40.1. The summed E-state index contributed by atoms with van der Waals surface area (Å²) in [4.78, 5) is 25.5. The summed E-state index contributed by atoms with van der Waals surface area (Å²) in [6, 6.07) is 6.64. The summed E-state index contributed by atoms with van der Waals surface area (Å²) in [7, 11) is 0. The molecular formula is C16H19F3N2O3S. The Morgan fingerprint density at radius 2 is 1.80 bits per heavy atom. The van der Waals surface area contributed by atoms with E-state index < -0.39 is 25.3 Å². The molecule has 1 N–H and O–H groups in total. The monoisotopic (exact) mass is 376 g/mol. The summed E-state index contributed by atoms with van der Waals surface area (Å²) >= 11 is 1.83. The average Bonchev–Trinajstić information content (AvgIpc) is 2.56. The molecule has 0 aromatic heterocycles. The first-order valence-corrected chi connectivity index (χ1v) is 8.88. The van der Waals surface area contributed by atoms with Crippen LogP contribution in [-0.4, -0.2) is 60.7 Å². The van der Waals surface area contributed by atoms with Gasteiger partial charge in [0, 0.05) is 30.3 Å². The number of alkyl halides is 3. The third-order valence-electron chi connectivity index (χ3n) is 3.46. The van der Waals surface area contributed by atoms with E-state index in [2.05, 4.69) is 10.1 Å². The summed E-state index contributed by atoms with van der Waals surface area (Å²) in [5.74, 6) is 1.30. The quantitative estimate of drug-likeness (QED) is 0.828. The Balaban J connectivity index is 1.77. The number of benzene rings is 1. The van der Waals surface area contributed by atoms with Gasteiger partial charge in [-0.1, -0.05) is 12.1 Å². The van der Waals surface area contributed by atoms with Crippen LogP contribution in [0.3, 0.4) is 0 Å². The number of anilines is 1. The highest BCUT2D eigenvalue weighted by Gasteiger charge is 2.27. The number of nitrogens with one attached hydrogen (secondary N) is 1. The second-order valence-corrected chi connectivity index (χ2v) is 6.75. The standard InChI is InChI=1S/C16H19F3N2O3S/c17-16(18,19)11-24-10-14(22)20-13-3-1-12(2-4-13)9-15(23)21-5-7-25-8-6-21/h1-4H,5-11H2,(H,20,22). The predicted molar refractivity (Wildman–Crippen MR) is 89.6 cm³/mol. The van der Waals surface area contributed by atoms with Gasteiger partial charge in [0.25, 0.3) is 0 Å². The lowest BCUT2D eigenvalue weighted by Gasteiger charge is -2.26. The fourth-order valence-corrected chi connectivity index (χ4v) is 3.16. The molecule has 0 aliphatic carbocycles. The molecule has 9 heteroatoms. The zero-order valence-electron chi connectivity index (χ0n) is 13.5. The molecule has 0 unspecified atom stereocenters. The minimum Gasteiger partial charge on any atom is -0.362 e. The first-order valence-electron chi connectivity index (χ1n) is 7.72. The van der Waals surface area contributed by atoms with Crippen molar-refractivity contribution in [2.75, 3.05) is 43.1 Å². The lowest BCUT2D eigenvalue weighted by Crippen LogP contribution is -2.38. The van der Waals surface area contributed by atoms with Gasteiger partial charge in [-0.05, 0) is 17.7 Å². The molecule has 2 rings (SSSR count). The van der Waals surface area contributed by atoms with Crippen molar-refractivity contribution in [2.24, 2.45) is 0 Å². The minimum absolute atomic E-state index is 0.0673. The molecule has 1 aromatic carbocycles. The van der Waals surface area contributed by atoms with Crippen LogP contribution in [0.25, 0.3) is 0 Å². The van der Waals surface area contributed by atoms with E-state index in [0.29, 0.717) is 5.69 Å². The molecule has 1 saturated heterocycles. The molecule has 5 nitrogen and oxygen atoms in total. The van der Waals surface area contributed by atoms with E-state index >= 15 is 0 Å². The molecule has 2 amide bonds. The summed E-state index contributed by atoms with van der Waals surface area (Å²) in [6.45, 7) is -0.617. The van der Waals surface area contributed by atoms with Crippen LogP contribution in [0, 0.1) is 0 Å². The third-order valence-corrected chi connectivity index (χ3v) is 4.40. The Hall–Kier alpha value is -1.74. The number of hydrogen-bond donors (Lipinski definition) is 1. The smallest absolute Gasteiger partial charge is 0.362 e. The second-order valence-electron chi connectivity index (χ2n) is 5.52. The molecular weight excluding hydrogens is 357 g/mol. The van der Waals surface area contributed by atoms with Crippen molar-refractivity contribution >= 4 is 29.3 Å². The zero-order chi connectivity index (χ0) is 18.3. The highest BCUT2D eigenvalue weighted by Crippen LogP contribution is 2.15. The van der Waals surface area contributed by atoms with Gasteiger partial charge in [0.15, 0.2) is 0 Å². The van der Waals surface area contributed by atoms with Crippen LogP contribution in [0.15, 0.2) is 24.3 Å². The predicted octanol–water partition coefficient (Wildman–Crippen LogP) is 2.32. The van der Waals surface area contributed by atoms with E-state index in [1.807, 2.05) is 16.7 Å². The van der Waals surface area contributed by atoms with Crippen LogP contribution < -0.4 is 5.32 Å². The number of thioether (sulfide) groups is 1. The van der Waals surface area contributed by atoms with Gasteiger partial charge in [0.1, 0.15) is 13.2 Å². The van der Waals surface area contributed by atoms with Gasteiger partial charge >= 0.3 is 6.18 Å². The number of ether oxygens (including phenoxy) is 1. The maximum atomic E-state index is 12.2.